The van der Waals surface area contributed by atoms with Gasteiger partial charge < -0.3 is 10.1 Å². The van der Waals surface area contributed by atoms with E-state index in [9.17, 15) is 14.4 Å². The zero-order valence-electron chi connectivity index (χ0n) is 17.5. The van der Waals surface area contributed by atoms with Crippen molar-refractivity contribution >= 4 is 22.5 Å². The predicted octanol–water partition coefficient (Wildman–Crippen LogP) is 1.65. The zero-order valence-corrected chi connectivity index (χ0v) is 17.5. The van der Waals surface area contributed by atoms with Gasteiger partial charge in [-0.1, -0.05) is 24.3 Å². The number of para-hydroxylation sites is 1. The fourth-order valence-electron chi connectivity index (χ4n) is 3.91. The first-order valence-corrected chi connectivity index (χ1v) is 10.5. The number of ether oxygens (including phenoxy) is 1. The highest BCUT2D eigenvalue weighted by atomic mass is 16.5. The lowest BCUT2D eigenvalue weighted by molar-refractivity contribution is -0.116. The highest BCUT2D eigenvalue weighted by molar-refractivity contribution is 5.91. The number of aromatic nitrogens is 2. The topological polar surface area (TPSA) is 85.6 Å². The maximum atomic E-state index is 12.8. The van der Waals surface area contributed by atoms with Crippen molar-refractivity contribution in [2.75, 3.05) is 31.6 Å². The minimum atomic E-state index is -0.484. The normalized spacial score (nSPS) is 14.6. The second kappa shape index (κ2) is 9.28. The molecule has 0 radical (unpaired) electrons. The minimum Gasteiger partial charge on any atom is -0.379 e. The molecule has 8 heteroatoms. The van der Waals surface area contributed by atoms with Crippen LogP contribution in [0, 0.1) is 0 Å². The Morgan fingerprint density at radius 2 is 1.81 bits per heavy atom. The van der Waals surface area contributed by atoms with Crippen LogP contribution in [-0.4, -0.2) is 46.2 Å². The molecule has 1 amide bonds. The third-order valence-corrected chi connectivity index (χ3v) is 5.47. The average molecular weight is 422 g/mol. The van der Waals surface area contributed by atoms with E-state index >= 15 is 0 Å². The predicted molar refractivity (Wildman–Crippen MR) is 119 cm³/mol. The van der Waals surface area contributed by atoms with Crippen molar-refractivity contribution in [3.63, 3.8) is 0 Å². The number of benzene rings is 2. The van der Waals surface area contributed by atoms with E-state index in [-0.39, 0.29) is 24.6 Å². The summed E-state index contributed by atoms with van der Waals surface area (Å²) >= 11 is 0. The molecule has 0 spiro atoms. The van der Waals surface area contributed by atoms with Crippen LogP contribution >= 0.6 is 0 Å². The smallest absolute Gasteiger partial charge is 0.331 e. The van der Waals surface area contributed by atoms with Crippen molar-refractivity contribution in [3.8, 4) is 0 Å². The Balaban J connectivity index is 1.54. The number of hydrogen-bond donors (Lipinski definition) is 1. The molecule has 2 heterocycles. The Bertz CT molecular complexity index is 1210. The first-order chi connectivity index (χ1) is 15.1. The molecule has 0 unspecified atom stereocenters. The number of nitrogens with one attached hydrogen (secondary N) is 1. The molecule has 1 saturated heterocycles. The lowest BCUT2D eigenvalue weighted by Crippen LogP contribution is -2.41. The molecular formula is C23H26N4O4. The largest absolute Gasteiger partial charge is 0.379 e. The van der Waals surface area contributed by atoms with E-state index in [0.717, 1.165) is 43.0 Å². The number of morpholine rings is 1. The summed E-state index contributed by atoms with van der Waals surface area (Å²) in [5.74, 6) is -0.322. The molecule has 1 fully saturated rings. The van der Waals surface area contributed by atoms with Crippen LogP contribution in [0.4, 0.5) is 5.69 Å². The van der Waals surface area contributed by atoms with E-state index in [2.05, 4.69) is 10.2 Å². The first-order valence-electron chi connectivity index (χ1n) is 10.5. The van der Waals surface area contributed by atoms with Gasteiger partial charge in [0, 0.05) is 31.9 Å². The van der Waals surface area contributed by atoms with E-state index in [4.69, 9.17) is 4.74 Å². The molecule has 1 aromatic heterocycles. The molecule has 3 aromatic rings. The van der Waals surface area contributed by atoms with Crippen molar-refractivity contribution in [1.82, 2.24) is 14.0 Å². The van der Waals surface area contributed by atoms with Gasteiger partial charge >= 0.3 is 5.69 Å². The van der Waals surface area contributed by atoms with Crippen LogP contribution in [0.5, 0.6) is 0 Å². The van der Waals surface area contributed by atoms with Gasteiger partial charge in [0.2, 0.25) is 5.91 Å². The van der Waals surface area contributed by atoms with Crippen LogP contribution in [-0.2, 0) is 29.2 Å². The average Bonchev–Trinajstić information content (AvgIpc) is 2.78. The van der Waals surface area contributed by atoms with Crippen molar-refractivity contribution in [2.24, 2.45) is 0 Å². The van der Waals surface area contributed by atoms with Crippen LogP contribution in [0.1, 0.15) is 12.5 Å². The van der Waals surface area contributed by atoms with E-state index in [1.54, 1.807) is 31.2 Å². The van der Waals surface area contributed by atoms with Crippen molar-refractivity contribution < 1.29 is 9.53 Å². The lowest BCUT2D eigenvalue weighted by Gasteiger charge is -2.26. The second-order valence-electron chi connectivity index (χ2n) is 7.57. The third-order valence-electron chi connectivity index (χ3n) is 5.47. The van der Waals surface area contributed by atoms with Gasteiger partial charge in [-0.15, -0.1) is 0 Å². The number of carbonyl (C=O) groups excluding carboxylic acids is 1. The monoisotopic (exact) mass is 422 g/mol. The molecule has 0 bridgehead atoms. The van der Waals surface area contributed by atoms with Gasteiger partial charge in [0.05, 0.1) is 24.1 Å². The van der Waals surface area contributed by atoms with Crippen molar-refractivity contribution in [3.05, 3.63) is 74.9 Å². The van der Waals surface area contributed by atoms with Gasteiger partial charge in [-0.2, -0.15) is 0 Å². The van der Waals surface area contributed by atoms with Gasteiger partial charge in [-0.3, -0.25) is 23.6 Å². The number of hydrogen-bond acceptors (Lipinski definition) is 5. The molecule has 8 nitrogen and oxygen atoms in total. The first kappa shape index (κ1) is 21.0. The van der Waals surface area contributed by atoms with Crippen LogP contribution in [0.2, 0.25) is 0 Å². The molecular weight excluding hydrogens is 396 g/mol. The number of amides is 1. The van der Waals surface area contributed by atoms with E-state index in [0.29, 0.717) is 16.6 Å². The molecule has 0 atom stereocenters. The highest BCUT2D eigenvalue weighted by Crippen LogP contribution is 2.14. The van der Waals surface area contributed by atoms with Crippen molar-refractivity contribution in [1.29, 1.82) is 0 Å². The Kier molecular flexibility index (Phi) is 6.29. The highest BCUT2D eigenvalue weighted by Gasteiger charge is 2.15. The maximum absolute atomic E-state index is 12.8. The van der Waals surface area contributed by atoms with E-state index < -0.39 is 5.69 Å². The summed E-state index contributed by atoms with van der Waals surface area (Å²) in [4.78, 5) is 40.5. The van der Waals surface area contributed by atoms with Gasteiger partial charge in [-0.25, -0.2) is 4.79 Å². The molecule has 31 heavy (non-hydrogen) atoms. The molecule has 0 aliphatic carbocycles. The quantitative estimate of drug-likeness (QED) is 0.653. The van der Waals surface area contributed by atoms with Gasteiger partial charge in [-0.05, 0) is 36.8 Å². The summed E-state index contributed by atoms with van der Waals surface area (Å²) < 4.78 is 7.89. The summed E-state index contributed by atoms with van der Waals surface area (Å²) in [6.07, 6.45) is 0. The molecule has 1 aliphatic rings. The second-order valence-corrected chi connectivity index (χ2v) is 7.57. The molecule has 162 valence electrons. The van der Waals surface area contributed by atoms with Gasteiger partial charge in [0.25, 0.3) is 5.56 Å². The number of anilines is 1. The van der Waals surface area contributed by atoms with Gasteiger partial charge in [0.15, 0.2) is 0 Å². The van der Waals surface area contributed by atoms with E-state index in [1.165, 1.54) is 4.57 Å². The summed E-state index contributed by atoms with van der Waals surface area (Å²) in [7, 11) is 0. The minimum absolute atomic E-state index is 0.173. The van der Waals surface area contributed by atoms with Crippen LogP contribution in [0.15, 0.2) is 58.1 Å². The van der Waals surface area contributed by atoms with Crippen LogP contribution in [0.3, 0.4) is 0 Å². The number of carbonyl (C=O) groups is 1. The molecule has 2 aromatic carbocycles. The Labute approximate surface area is 179 Å². The lowest BCUT2D eigenvalue weighted by atomic mass is 10.2. The third kappa shape index (κ3) is 4.60. The molecule has 1 aliphatic heterocycles. The van der Waals surface area contributed by atoms with Crippen LogP contribution < -0.4 is 16.6 Å². The standard InChI is InChI=1S/C23H26N4O4/c1-2-26-22(29)19-8-3-4-9-20(19)27(23(26)30)16-21(28)24-18-7-5-6-17(14-18)15-25-10-12-31-13-11-25/h3-9,14H,2,10-13,15-16H2,1H3,(H,24,28). The Morgan fingerprint density at radius 1 is 1.03 bits per heavy atom. The van der Waals surface area contributed by atoms with E-state index in [1.807, 2.05) is 24.3 Å². The maximum Gasteiger partial charge on any atom is 0.331 e. The van der Waals surface area contributed by atoms with Crippen LogP contribution in [0.25, 0.3) is 10.9 Å². The summed E-state index contributed by atoms with van der Waals surface area (Å²) in [6, 6.07) is 14.6. The number of fused-ring (bicyclic) bond motifs is 1. The van der Waals surface area contributed by atoms with Gasteiger partial charge in [0.1, 0.15) is 6.54 Å². The fraction of sp³-hybridized carbons (Fsp3) is 0.348. The zero-order chi connectivity index (χ0) is 21.8. The Morgan fingerprint density at radius 3 is 2.58 bits per heavy atom. The summed E-state index contributed by atoms with van der Waals surface area (Å²) in [5, 5.41) is 3.30. The fourth-order valence-corrected chi connectivity index (χ4v) is 3.91. The number of rotatable bonds is 6. The summed E-state index contributed by atoms with van der Waals surface area (Å²) in [5.41, 5.74) is 1.41. The van der Waals surface area contributed by atoms with Crippen molar-refractivity contribution in [2.45, 2.75) is 26.6 Å². The Hall–Kier alpha value is -3.23. The summed E-state index contributed by atoms with van der Waals surface area (Å²) in [6.45, 7) is 5.85. The molecule has 0 saturated carbocycles. The SMILES string of the molecule is CCn1c(=O)c2ccccc2n(CC(=O)Nc2cccc(CN3CCOCC3)c2)c1=O. The molecule has 4 rings (SSSR count). The molecule has 1 N–H and O–H groups in total. The number of nitrogens with zero attached hydrogens (tertiary/aromatic N) is 3.